The van der Waals surface area contributed by atoms with Crippen LogP contribution in [0, 0.1) is 0 Å². The van der Waals surface area contributed by atoms with Gasteiger partial charge in [0.1, 0.15) is 0 Å². The zero-order valence-corrected chi connectivity index (χ0v) is 16.0. The van der Waals surface area contributed by atoms with Crippen molar-refractivity contribution in [3.63, 3.8) is 0 Å². The number of aromatic nitrogens is 1. The Labute approximate surface area is 165 Å². The van der Waals surface area contributed by atoms with Crippen LogP contribution in [0.25, 0.3) is 21.0 Å². The molecule has 4 rings (SSSR count). The van der Waals surface area contributed by atoms with Crippen molar-refractivity contribution in [1.29, 1.82) is 0 Å². The number of thiazole rings is 1. The van der Waals surface area contributed by atoms with E-state index in [0.717, 1.165) is 26.7 Å². The Morgan fingerprint density at radius 1 is 1.07 bits per heavy atom. The van der Waals surface area contributed by atoms with Gasteiger partial charge in [0, 0.05) is 11.1 Å². The van der Waals surface area contributed by atoms with Crippen LogP contribution >= 0.6 is 23.6 Å². The van der Waals surface area contributed by atoms with E-state index in [1.807, 2.05) is 30.3 Å². The molecular formula is C20H15N3O2S2. The summed E-state index contributed by atoms with van der Waals surface area (Å²) in [4.78, 5) is 16.2. The third-order valence-electron chi connectivity index (χ3n) is 4.07. The second kappa shape index (κ2) is 7.30. The number of carbonyl (C=O) groups excluding carboxylic acids is 1. The van der Waals surface area contributed by atoms with Gasteiger partial charge in [-0.05, 0) is 41.9 Å². The summed E-state index contributed by atoms with van der Waals surface area (Å²) in [5.74, 6) is -0.368. The van der Waals surface area contributed by atoms with E-state index >= 15 is 0 Å². The molecule has 7 heteroatoms. The van der Waals surface area contributed by atoms with Crippen molar-refractivity contribution in [2.45, 2.75) is 0 Å². The number of fused-ring (bicyclic) bond motifs is 2. The molecule has 3 aromatic carbocycles. The normalized spacial score (nSPS) is 10.7. The molecule has 0 saturated carbocycles. The van der Waals surface area contributed by atoms with Gasteiger partial charge >= 0.3 is 5.97 Å². The van der Waals surface area contributed by atoms with Crippen molar-refractivity contribution in [2.75, 3.05) is 17.7 Å². The molecule has 0 unspecified atom stereocenters. The minimum atomic E-state index is -0.368. The zero-order chi connectivity index (χ0) is 18.8. The van der Waals surface area contributed by atoms with E-state index in [9.17, 15) is 4.79 Å². The van der Waals surface area contributed by atoms with Crippen LogP contribution in [0.15, 0.2) is 60.7 Å². The maximum atomic E-state index is 11.7. The molecule has 0 bridgehead atoms. The lowest BCUT2D eigenvalue weighted by molar-refractivity contribution is 0.0601. The quantitative estimate of drug-likeness (QED) is 0.375. The zero-order valence-electron chi connectivity index (χ0n) is 14.4. The monoisotopic (exact) mass is 393 g/mol. The maximum absolute atomic E-state index is 11.7. The first kappa shape index (κ1) is 17.4. The predicted octanol–water partition coefficient (Wildman–Crippen LogP) is 5.05. The Morgan fingerprint density at radius 2 is 1.89 bits per heavy atom. The Balaban J connectivity index is 1.54. The first-order chi connectivity index (χ1) is 13.1. The van der Waals surface area contributed by atoms with Crippen LogP contribution in [0.4, 0.5) is 10.8 Å². The molecule has 27 heavy (non-hydrogen) atoms. The Morgan fingerprint density at radius 3 is 2.74 bits per heavy atom. The van der Waals surface area contributed by atoms with E-state index in [1.54, 1.807) is 18.2 Å². The molecule has 0 aliphatic heterocycles. The van der Waals surface area contributed by atoms with Gasteiger partial charge in [-0.15, -0.1) is 0 Å². The van der Waals surface area contributed by atoms with Gasteiger partial charge in [-0.1, -0.05) is 47.7 Å². The molecule has 0 atom stereocenters. The van der Waals surface area contributed by atoms with Gasteiger partial charge in [0.2, 0.25) is 0 Å². The molecule has 1 aromatic heterocycles. The largest absolute Gasteiger partial charge is 0.465 e. The van der Waals surface area contributed by atoms with E-state index in [-0.39, 0.29) is 5.97 Å². The van der Waals surface area contributed by atoms with Gasteiger partial charge < -0.3 is 15.4 Å². The van der Waals surface area contributed by atoms with Gasteiger partial charge in [0.05, 0.1) is 22.9 Å². The van der Waals surface area contributed by atoms with E-state index in [1.165, 1.54) is 18.4 Å². The molecule has 0 aliphatic carbocycles. The van der Waals surface area contributed by atoms with Crippen LogP contribution < -0.4 is 10.6 Å². The van der Waals surface area contributed by atoms with Crippen molar-refractivity contribution < 1.29 is 9.53 Å². The van der Waals surface area contributed by atoms with Gasteiger partial charge in [0.15, 0.2) is 10.2 Å². The third kappa shape index (κ3) is 3.60. The molecule has 0 radical (unpaired) electrons. The number of nitrogens with one attached hydrogen (secondary N) is 2. The SMILES string of the molecule is COC(=O)c1ccc2nc(NC(=S)Nc3cccc4ccccc34)sc2c1. The molecule has 4 aromatic rings. The Hall–Kier alpha value is -3.03. The molecule has 134 valence electrons. The van der Waals surface area contributed by atoms with Crippen LogP contribution in [0.2, 0.25) is 0 Å². The van der Waals surface area contributed by atoms with Gasteiger partial charge in [-0.2, -0.15) is 0 Å². The highest BCUT2D eigenvalue weighted by Gasteiger charge is 2.11. The van der Waals surface area contributed by atoms with Crippen molar-refractivity contribution in [3.05, 3.63) is 66.2 Å². The summed E-state index contributed by atoms with van der Waals surface area (Å²) in [5.41, 5.74) is 2.22. The first-order valence-electron chi connectivity index (χ1n) is 8.19. The first-order valence-corrected chi connectivity index (χ1v) is 9.41. The smallest absolute Gasteiger partial charge is 0.337 e. The predicted molar refractivity (Wildman–Crippen MR) is 115 cm³/mol. The lowest BCUT2D eigenvalue weighted by Gasteiger charge is -2.11. The second-order valence-electron chi connectivity index (χ2n) is 5.80. The number of thiocarbonyl (C=S) groups is 1. The number of ether oxygens (including phenoxy) is 1. The molecule has 1 heterocycles. The highest BCUT2D eigenvalue weighted by Crippen LogP contribution is 2.28. The Kier molecular flexibility index (Phi) is 4.70. The number of hydrogen-bond acceptors (Lipinski definition) is 5. The molecule has 2 N–H and O–H groups in total. The number of rotatable bonds is 3. The summed E-state index contributed by atoms with van der Waals surface area (Å²) in [6, 6.07) is 19.4. The minimum absolute atomic E-state index is 0.368. The molecule has 5 nitrogen and oxygen atoms in total. The fraction of sp³-hybridized carbons (Fsp3) is 0.0500. The average molecular weight is 393 g/mol. The number of carbonyl (C=O) groups is 1. The maximum Gasteiger partial charge on any atom is 0.337 e. The second-order valence-corrected chi connectivity index (χ2v) is 7.24. The molecule has 0 fully saturated rings. The van der Waals surface area contributed by atoms with Crippen LogP contribution in [0.3, 0.4) is 0 Å². The summed E-state index contributed by atoms with van der Waals surface area (Å²) in [6.45, 7) is 0. The van der Waals surface area contributed by atoms with Gasteiger partial charge in [-0.25, -0.2) is 9.78 Å². The highest BCUT2D eigenvalue weighted by atomic mass is 32.1. The van der Waals surface area contributed by atoms with Crippen molar-refractivity contribution in [3.8, 4) is 0 Å². The lowest BCUT2D eigenvalue weighted by Crippen LogP contribution is -2.19. The lowest BCUT2D eigenvalue weighted by atomic mass is 10.1. The molecule has 0 saturated heterocycles. The van der Waals surface area contributed by atoms with Crippen LogP contribution in [-0.4, -0.2) is 23.2 Å². The third-order valence-corrected chi connectivity index (χ3v) is 5.21. The summed E-state index contributed by atoms with van der Waals surface area (Å²) in [7, 11) is 1.36. The number of esters is 1. The highest BCUT2D eigenvalue weighted by molar-refractivity contribution is 7.80. The van der Waals surface area contributed by atoms with E-state index < -0.39 is 0 Å². The summed E-state index contributed by atoms with van der Waals surface area (Å²) < 4.78 is 5.64. The van der Waals surface area contributed by atoms with E-state index in [4.69, 9.17) is 17.0 Å². The average Bonchev–Trinajstić information content (AvgIpc) is 3.08. The molecule has 0 spiro atoms. The number of methoxy groups -OCH3 is 1. The standard InChI is InChI=1S/C20H15N3O2S2/c1-25-18(24)13-9-10-16-17(11-13)27-20(22-16)23-19(26)21-15-8-4-6-12-5-2-3-7-14(12)15/h2-11H,1H3,(H2,21,22,23,26). The number of nitrogens with zero attached hydrogens (tertiary/aromatic N) is 1. The fourth-order valence-corrected chi connectivity index (χ4v) is 3.99. The number of anilines is 2. The van der Waals surface area contributed by atoms with Crippen molar-refractivity contribution >= 4 is 66.4 Å². The molecular weight excluding hydrogens is 378 g/mol. The van der Waals surface area contributed by atoms with E-state index in [2.05, 4.69) is 27.8 Å². The minimum Gasteiger partial charge on any atom is -0.465 e. The van der Waals surface area contributed by atoms with Crippen LogP contribution in [-0.2, 0) is 4.74 Å². The van der Waals surface area contributed by atoms with Gasteiger partial charge in [-0.3, -0.25) is 0 Å². The Bertz CT molecular complexity index is 1170. The molecule has 0 aliphatic rings. The number of hydrogen-bond donors (Lipinski definition) is 2. The van der Waals surface area contributed by atoms with Gasteiger partial charge in [0.25, 0.3) is 0 Å². The summed E-state index contributed by atoms with van der Waals surface area (Å²) in [5, 5.41) is 9.70. The fourth-order valence-electron chi connectivity index (χ4n) is 2.81. The van der Waals surface area contributed by atoms with Crippen LogP contribution in [0.5, 0.6) is 0 Å². The van der Waals surface area contributed by atoms with Crippen molar-refractivity contribution in [1.82, 2.24) is 4.98 Å². The molecule has 0 amide bonds. The van der Waals surface area contributed by atoms with Crippen LogP contribution in [0.1, 0.15) is 10.4 Å². The van der Waals surface area contributed by atoms with Crippen molar-refractivity contribution in [2.24, 2.45) is 0 Å². The number of benzene rings is 3. The summed E-state index contributed by atoms with van der Waals surface area (Å²) >= 11 is 6.87. The topological polar surface area (TPSA) is 63.2 Å². The summed E-state index contributed by atoms with van der Waals surface area (Å²) in [6.07, 6.45) is 0. The van der Waals surface area contributed by atoms with E-state index in [0.29, 0.717) is 15.8 Å².